The Kier molecular flexibility index (Phi) is 4.92. The van der Waals surface area contributed by atoms with Gasteiger partial charge in [-0.2, -0.15) is 0 Å². The Balaban J connectivity index is 1.78. The number of carbonyl (C=O) groups is 1. The Hall–Kier alpha value is -1.88. The van der Waals surface area contributed by atoms with Gasteiger partial charge in [0, 0.05) is 29.1 Å². The van der Waals surface area contributed by atoms with Gasteiger partial charge < -0.3 is 10.6 Å². The molecule has 0 unspecified atom stereocenters. The number of nitrogens with one attached hydrogen (secondary N) is 2. The minimum Gasteiger partial charge on any atom is -0.375 e. The first kappa shape index (κ1) is 13.5. The van der Waals surface area contributed by atoms with Gasteiger partial charge in [-0.1, -0.05) is 12.1 Å². The third kappa shape index (κ3) is 4.37. The van der Waals surface area contributed by atoms with E-state index in [0.717, 1.165) is 15.7 Å². The van der Waals surface area contributed by atoms with E-state index in [1.54, 1.807) is 12.4 Å². The number of benzene rings is 1. The van der Waals surface area contributed by atoms with Crippen molar-refractivity contribution in [2.75, 3.05) is 11.9 Å². The van der Waals surface area contributed by atoms with E-state index >= 15 is 0 Å². The summed E-state index contributed by atoms with van der Waals surface area (Å²) in [7, 11) is 0. The summed E-state index contributed by atoms with van der Waals surface area (Å²) in [4.78, 5) is 15.6. The zero-order valence-corrected chi connectivity index (χ0v) is 11.9. The van der Waals surface area contributed by atoms with Gasteiger partial charge in [-0.3, -0.25) is 9.78 Å². The lowest BCUT2D eigenvalue weighted by atomic mass is 10.3. The van der Waals surface area contributed by atoms with E-state index in [1.165, 1.54) is 0 Å². The van der Waals surface area contributed by atoms with Crippen LogP contribution in [0.25, 0.3) is 0 Å². The molecule has 0 saturated heterocycles. The molecule has 2 aromatic rings. The summed E-state index contributed by atoms with van der Waals surface area (Å²) >= 11 is 3.42. The SMILES string of the molecule is O=C(CNc1ccccc1Br)NCc1ccncc1. The first-order chi connectivity index (χ1) is 9.25. The number of hydrogen-bond donors (Lipinski definition) is 2. The highest BCUT2D eigenvalue weighted by Gasteiger charge is 2.03. The molecule has 0 aliphatic heterocycles. The quantitative estimate of drug-likeness (QED) is 0.890. The number of aromatic nitrogens is 1. The van der Waals surface area contributed by atoms with Crippen molar-refractivity contribution >= 4 is 27.5 Å². The average Bonchev–Trinajstić information content (AvgIpc) is 2.45. The van der Waals surface area contributed by atoms with E-state index in [-0.39, 0.29) is 12.5 Å². The number of pyridine rings is 1. The van der Waals surface area contributed by atoms with Crippen LogP contribution in [0.2, 0.25) is 0 Å². The van der Waals surface area contributed by atoms with E-state index < -0.39 is 0 Å². The normalized spacial score (nSPS) is 9.95. The summed E-state index contributed by atoms with van der Waals surface area (Å²) in [5, 5.41) is 5.92. The Bertz CT molecular complexity index is 545. The highest BCUT2D eigenvalue weighted by atomic mass is 79.9. The second-order valence-corrected chi connectivity index (χ2v) is 4.82. The van der Waals surface area contributed by atoms with Crippen molar-refractivity contribution in [3.05, 3.63) is 58.8 Å². The molecule has 2 N–H and O–H groups in total. The molecule has 1 heterocycles. The number of rotatable bonds is 5. The first-order valence-corrected chi connectivity index (χ1v) is 6.69. The van der Waals surface area contributed by atoms with E-state index in [9.17, 15) is 4.79 Å². The van der Waals surface area contributed by atoms with Crippen LogP contribution in [-0.2, 0) is 11.3 Å². The first-order valence-electron chi connectivity index (χ1n) is 5.90. The van der Waals surface area contributed by atoms with Crippen LogP contribution >= 0.6 is 15.9 Å². The molecule has 19 heavy (non-hydrogen) atoms. The minimum absolute atomic E-state index is 0.0486. The van der Waals surface area contributed by atoms with Crippen molar-refractivity contribution in [3.8, 4) is 0 Å². The summed E-state index contributed by atoms with van der Waals surface area (Å²) < 4.78 is 0.942. The van der Waals surface area contributed by atoms with Gasteiger partial charge in [-0.05, 0) is 45.8 Å². The lowest BCUT2D eigenvalue weighted by Gasteiger charge is -2.09. The van der Waals surface area contributed by atoms with Crippen LogP contribution in [0.1, 0.15) is 5.56 Å². The summed E-state index contributed by atoms with van der Waals surface area (Å²) in [6, 6.07) is 11.4. The Labute approximate surface area is 120 Å². The molecule has 0 fully saturated rings. The maximum atomic E-state index is 11.7. The number of nitrogens with zero attached hydrogens (tertiary/aromatic N) is 1. The number of halogens is 1. The maximum absolute atomic E-state index is 11.7. The van der Waals surface area contributed by atoms with Gasteiger partial charge in [0.05, 0.1) is 6.54 Å². The van der Waals surface area contributed by atoms with Crippen LogP contribution in [0.5, 0.6) is 0 Å². The Morgan fingerprint density at radius 3 is 2.63 bits per heavy atom. The third-order valence-corrected chi connectivity index (χ3v) is 3.24. The van der Waals surface area contributed by atoms with Gasteiger partial charge in [0.25, 0.3) is 0 Å². The molecule has 1 amide bonds. The molecule has 2 rings (SSSR count). The predicted molar refractivity (Wildman–Crippen MR) is 78.7 cm³/mol. The fourth-order valence-corrected chi connectivity index (χ4v) is 1.97. The largest absolute Gasteiger partial charge is 0.375 e. The van der Waals surface area contributed by atoms with Crippen molar-refractivity contribution < 1.29 is 4.79 Å². The van der Waals surface area contributed by atoms with Crippen LogP contribution in [0, 0.1) is 0 Å². The topological polar surface area (TPSA) is 54.0 Å². The Morgan fingerprint density at radius 2 is 1.89 bits per heavy atom. The zero-order chi connectivity index (χ0) is 13.5. The molecule has 0 aliphatic rings. The molecule has 0 bridgehead atoms. The number of anilines is 1. The van der Waals surface area contributed by atoms with Crippen LogP contribution < -0.4 is 10.6 Å². The molecule has 0 aliphatic carbocycles. The minimum atomic E-state index is -0.0486. The number of amides is 1. The maximum Gasteiger partial charge on any atom is 0.239 e. The van der Waals surface area contributed by atoms with Crippen LogP contribution in [0.4, 0.5) is 5.69 Å². The number of para-hydroxylation sites is 1. The number of carbonyl (C=O) groups excluding carboxylic acids is 1. The molecule has 98 valence electrons. The molecule has 1 aromatic heterocycles. The van der Waals surface area contributed by atoms with Crippen molar-refractivity contribution in [3.63, 3.8) is 0 Å². The highest BCUT2D eigenvalue weighted by molar-refractivity contribution is 9.10. The van der Waals surface area contributed by atoms with Gasteiger partial charge in [-0.25, -0.2) is 0 Å². The lowest BCUT2D eigenvalue weighted by Crippen LogP contribution is -2.29. The van der Waals surface area contributed by atoms with Crippen LogP contribution in [0.3, 0.4) is 0 Å². The molecule has 0 spiro atoms. The molecule has 1 aromatic carbocycles. The summed E-state index contributed by atoms with van der Waals surface area (Å²) in [6.45, 7) is 0.757. The summed E-state index contributed by atoms with van der Waals surface area (Å²) in [5.74, 6) is -0.0486. The molecule has 4 nitrogen and oxygen atoms in total. The van der Waals surface area contributed by atoms with E-state index in [2.05, 4.69) is 31.5 Å². The average molecular weight is 320 g/mol. The monoisotopic (exact) mass is 319 g/mol. The van der Waals surface area contributed by atoms with Gasteiger partial charge in [0.1, 0.15) is 0 Å². The fourth-order valence-electron chi connectivity index (χ4n) is 1.54. The van der Waals surface area contributed by atoms with E-state index in [1.807, 2.05) is 36.4 Å². The predicted octanol–water partition coefficient (Wildman–Crippen LogP) is 2.57. The fraction of sp³-hybridized carbons (Fsp3) is 0.143. The molecule has 5 heteroatoms. The lowest BCUT2D eigenvalue weighted by molar-refractivity contribution is -0.119. The molecular weight excluding hydrogens is 306 g/mol. The van der Waals surface area contributed by atoms with E-state index in [0.29, 0.717) is 6.54 Å². The van der Waals surface area contributed by atoms with Crippen molar-refractivity contribution in [2.45, 2.75) is 6.54 Å². The van der Waals surface area contributed by atoms with Crippen molar-refractivity contribution in [1.82, 2.24) is 10.3 Å². The second-order valence-electron chi connectivity index (χ2n) is 3.97. The standard InChI is InChI=1S/C14H14BrN3O/c15-12-3-1-2-4-13(12)17-10-14(19)18-9-11-5-7-16-8-6-11/h1-8,17H,9-10H2,(H,18,19). The summed E-state index contributed by atoms with van der Waals surface area (Å²) in [5.41, 5.74) is 1.94. The van der Waals surface area contributed by atoms with Gasteiger partial charge in [-0.15, -0.1) is 0 Å². The van der Waals surface area contributed by atoms with Crippen molar-refractivity contribution in [1.29, 1.82) is 0 Å². The van der Waals surface area contributed by atoms with Crippen LogP contribution in [0.15, 0.2) is 53.3 Å². The zero-order valence-electron chi connectivity index (χ0n) is 10.3. The Morgan fingerprint density at radius 1 is 1.16 bits per heavy atom. The molecule has 0 saturated carbocycles. The van der Waals surface area contributed by atoms with Crippen LogP contribution in [-0.4, -0.2) is 17.4 Å². The van der Waals surface area contributed by atoms with Gasteiger partial charge in [0.2, 0.25) is 5.91 Å². The van der Waals surface area contributed by atoms with E-state index in [4.69, 9.17) is 0 Å². The summed E-state index contributed by atoms with van der Waals surface area (Å²) in [6.07, 6.45) is 3.42. The highest BCUT2D eigenvalue weighted by Crippen LogP contribution is 2.20. The molecule has 0 atom stereocenters. The molecular formula is C14H14BrN3O. The molecule has 0 radical (unpaired) electrons. The van der Waals surface area contributed by atoms with Crippen molar-refractivity contribution in [2.24, 2.45) is 0 Å². The second kappa shape index (κ2) is 6.89. The van der Waals surface area contributed by atoms with Gasteiger partial charge in [0.15, 0.2) is 0 Å². The van der Waals surface area contributed by atoms with Gasteiger partial charge >= 0.3 is 0 Å². The number of hydrogen-bond acceptors (Lipinski definition) is 3. The smallest absolute Gasteiger partial charge is 0.239 e. The third-order valence-electron chi connectivity index (χ3n) is 2.55.